The summed E-state index contributed by atoms with van der Waals surface area (Å²) in [5, 5.41) is 0. The summed E-state index contributed by atoms with van der Waals surface area (Å²) in [7, 11) is -3.88. The first-order chi connectivity index (χ1) is 18.6. The Morgan fingerprint density at radius 2 is 1.54 bits per heavy atom. The second-order valence-electron chi connectivity index (χ2n) is 9.73. The maximum Gasteiger partial charge on any atom is 1.00 e. The summed E-state index contributed by atoms with van der Waals surface area (Å²) in [6.45, 7) is 5.15. The summed E-state index contributed by atoms with van der Waals surface area (Å²) < 4.78 is 71.3. The van der Waals surface area contributed by atoms with Crippen LogP contribution in [0.15, 0.2) is 66.7 Å². The molecule has 0 saturated carbocycles. The van der Waals surface area contributed by atoms with Gasteiger partial charge in [0.05, 0.1) is 18.1 Å². The third-order valence-electron chi connectivity index (χ3n) is 5.44. The van der Waals surface area contributed by atoms with E-state index in [2.05, 4.69) is 0 Å². The molecular weight excluding hydrogens is 575 g/mol. The topological polar surface area (TPSA) is 111 Å². The summed E-state index contributed by atoms with van der Waals surface area (Å²) >= 11 is 0. The Morgan fingerprint density at radius 1 is 0.878 bits per heavy atom. The monoisotopic (exact) mass is 602 g/mol. The van der Waals surface area contributed by atoms with Crippen molar-refractivity contribution in [2.75, 3.05) is 7.11 Å². The number of hydrogen-bond donors (Lipinski definition) is 0. The molecule has 3 rings (SSSR count). The van der Waals surface area contributed by atoms with Gasteiger partial charge in [-0.25, -0.2) is 4.57 Å². The molecule has 0 aliphatic rings. The third kappa shape index (κ3) is 10.2. The molecule has 0 radical (unpaired) electrons. The molecule has 0 bridgehead atoms. The van der Waals surface area contributed by atoms with Gasteiger partial charge in [-0.2, -0.15) is 13.2 Å². The van der Waals surface area contributed by atoms with Crippen LogP contribution in [0.4, 0.5) is 13.2 Å². The summed E-state index contributed by atoms with van der Waals surface area (Å²) in [5.41, 5.74) is -0.823. The largest absolute Gasteiger partial charge is 1.00 e. The van der Waals surface area contributed by atoms with Gasteiger partial charge in [-0.3, -0.25) is 9.59 Å². The Morgan fingerprint density at radius 3 is 2.17 bits per heavy atom. The van der Waals surface area contributed by atoms with Crippen LogP contribution in [0.1, 0.15) is 48.7 Å². The number of phosphoric ester groups is 1. The number of esters is 1. The number of halogens is 3. The van der Waals surface area contributed by atoms with Crippen molar-refractivity contribution in [2.45, 2.75) is 39.8 Å². The SMILES string of the molecule is COc1cc(CCC(=O)c2cccc(OC(=O)C(C)(C)C)c2)ccc1OP(=O)([O-])Oc1cccc(C(F)(F)F)c1.[Na+]. The van der Waals surface area contributed by atoms with Gasteiger partial charge in [0, 0.05) is 12.0 Å². The number of aryl methyl sites for hydroxylation is 1. The number of rotatable bonds is 10. The number of carbonyl (C=O) groups is 2. The number of phosphoric acid groups is 1. The predicted molar refractivity (Wildman–Crippen MR) is 137 cm³/mol. The maximum absolute atomic E-state index is 12.9. The number of carbonyl (C=O) groups excluding carboxylic acids is 2. The van der Waals surface area contributed by atoms with Crippen molar-refractivity contribution in [2.24, 2.45) is 5.41 Å². The molecular formula is C28H27F3NaO8P. The molecule has 8 nitrogen and oxygen atoms in total. The number of Topliss-reactive ketones (excluding diaryl/α,β-unsaturated/α-hetero) is 1. The molecule has 13 heteroatoms. The molecule has 1 atom stereocenters. The van der Waals surface area contributed by atoms with Crippen LogP contribution in [0.5, 0.6) is 23.0 Å². The Labute approximate surface area is 257 Å². The van der Waals surface area contributed by atoms with E-state index in [-0.39, 0.29) is 65.4 Å². The smallest absolute Gasteiger partial charge is 0.736 e. The standard InChI is InChI=1S/C28H28F3O8P.Na/c1-27(2,3)26(33)37-21-9-5-7-19(16-21)23(32)13-11-18-12-14-24(25(15-18)36-4)39-40(34,35)38-22-10-6-8-20(17-22)28(29,30)31;/h5-10,12,14-17H,11,13H2,1-4H3,(H,34,35);/q;+1/p-1. The van der Waals surface area contributed by atoms with E-state index < -0.39 is 36.7 Å². The first kappa shape index (κ1) is 34.4. The van der Waals surface area contributed by atoms with Crippen LogP contribution in [-0.2, 0) is 22.0 Å². The van der Waals surface area contributed by atoms with Crippen molar-refractivity contribution in [3.05, 3.63) is 83.4 Å². The summed E-state index contributed by atoms with van der Waals surface area (Å²) in [4.78, 5) is 37.3. The minimum Gasteiger partial charge on any atom is -0.736 e. The van der Waals surface area contributed by atoms with E-state index in [0.29, 0.717) is 17.2 Å². The van der Waals surface area contributed by atoms with Crippen molar-refractivity contribution in [1.82, 2.24) is 0 Å². The Balaban J connectivity index is 0.00000588. The van der Waals surface area contributed by atoms with Gasteiger partial charge in [0.25, 0.3) is 0 Å². The molecule has 0 aromatic heterocycles. The van der Waals surface area contributed by atoms with Crippen molar-refractivity contribution < 1.29 is 80.3 Å². The fraction of sp³-hybridized carbons (Fsp3) is 0.286. The van der Waals surface area contributed by atoms with E-state index in [1.54, 1.807) is 39.0 Å². The van der Waals surface area contributed by atoms with Crippen LogP contribution in [0.3, 0.4) is 0 Å². The number of hydrogen-bond acceptors (Lipinski definition) is 8. The van der Waals surface area contributed by atoms with Crippen LogP contribution in [0.2, 0.25) is 0 Å². The zero-order valence-corrected chi connectivity index (χ0v) is 26.0. The average Bonchev–Trinajstić information content (AvgIpc) is 2.86. The third-order valence-corrected chi connectivity index (χ3v) is 6.29. The van der Waals surface area contributed by atoms with Crippen molar-refractivity contribution in [3.8, 4) is 23.0 Å². The maximum atomic E-state index is 12.9. The van der Waals surface area contributed by atoms with E-state index in [1.807, 2.05) is 0 Å². The summed E-state index contributed by atoms with van der Waals surface area (Å²) in [6.07, 6.45) is -4.34. The molecule has 214 valence electrons. The fourth-order valence-electron chi connectivity index (χ4n) is 3.34. The number of benzene rings is 3. The second kappa shape index (κ2) is 13.9. The van der Waals surface area contributed by atoms with E-state index >= 15 is 0 Å². The molecule has 0 aliphatic heterocycles. The van der Waals surface area contributed by atoms with Crippen LogP contribution in [0, 0.1) is 5.41 Å². The number of ether oxygens (including phenoxy) is 2. The Bertz CT molecular complexity index is 1440. The predicted octanol–water partition coefficient (Wildman–Crippen LogP) is 3.41. The van der Waals surface area contributed by atoms with Crippen LogP contribution < -0.4 is 53.0 Å². The zero-order chi connectivity index (χ0) is 29.7. The van der Waals surface area contributed by atoms with Crippen molar-refractivity contribution >= 4 is 19.6 Å². The van der Waals surface area contributed by atoms with Gasteiger partial charge < -0.3 is 23.4 Å². The minimum atomic E-state index is -5.15. The number of alkyl halides is 3. The molecule has 0 aliphatic carbocycles. The fourth-order valence-corrected chi connectivity index (χ4v) is 4.14. The van der Waals surface area contributed by atoms with Crippen LogP contribution >= 0.6 is 7.82 Å². The molecule has 0 heterocycles. The van der Waals surface area contributed by atoms with Gasteiger partial charge >= 0.3 is 49.5 Å². The first-order valence-corrected chi connectivity index (χ1v) is 13.4. The molecule has 0 spiro atoms. The summed E-state index contributed by atoms with van der Waals surface area (Å²) in [6, 6.07) is 13.9. The van der Waals surface area contributed by atoms with E-state index in [0.717, 1.165) is 18.2 Å². The molecule has 0 amide bonds. The zero-order valence-electron chi connectivity index (χ0n) is 23.1. The molecule has 0 saturated heterocycles. The van der Waals surface area contributed by atoms with E-state index in [9.17, 15) is 32.2 Å². The van der Waals surface area contributed by atoms with Gasteiger partial charge in [0.2, 0.25) is 0 Å². The van der Waals surface area contributed by atoms with Crippen molar-refractivity contribution in [1.29, 1.82) is 0 Å². The van der Waals surface area contributed by atoms with Crippen molar-refractivity contribution in [3.63, 3.8) is 0 Å². The van der Waals surface area contributed by atoms with Crippen LogP contribution in [0.25, 0.3) is 0 Å². The molecule has 1 unspecified atom stereocenters. The second-order valence-corrected chi connectivity index (χ2v) is 11.0. The number of methoxy groups -OCH3 is 1. The van der Waals surface area contributed by atoms with Gasteiger partial charge in [0.15, 0.2) is 17.3 Å². The Kier molecular flexibility index (Phi) is 11.7. The average molecular weight is 602 g/mol. The molecule has 3 aromatic rings. The number of ketones is 1. The van der Waals surface area contributed by atoms with Gasteiger partial charge in [-0.05, 0) is 75.2 Å². The summed E-state index contributed by atoms with van der Waals surface area (Å²) in [5.74, 6) is -1.22. The van der Waals surface area contributed by atoms with Gasteiger partial charge in [-0.1, -0.05) is 24.3 Å². The van der Waals surface area contributed by atoms with E-state index in [1.165, 1.54) is 31.4 Å². The first-order valence-electron chi connectivity index (χ1n) is 12.0. The van der Waals surface area contributed by atoms with E-state index in [4.69, 9.17) is 18.5 Å². The Hall–Kier alpha value is -2.82. The normalized spacial score (nSPS) is 12.9. The van der Waals surface area contributed by atoms with Crippen LogP contribution in [-0.4, -0.2) is 18.9 Å². The van der Waals surface area contributed by atoms with Gasteiger partial charge in [-0.15, -0.1) is 0 Å². The quantitative estimate of drug-likeness (QED) is 0.114. The molecule has 0 N–H and O–H groups in total. The molecule has 3 aromatic carbocycles. The van der Waals surface area contributed by atoms with Gasteiger partial charge in [0.1, 0.15) is 11.5 Å². The minimum absolute atomic E-state index is 0. The molecule has 41 heavy (non-hydrogen) atoms. The molecule has 0 fully saturated rings.